The first-order chi connectivity index (χ1) is 9.49. The van der Waals surface area contributed by atoms with Crippen molar-refractivity contribution in [2.75, 3.05) is 25.4 Å². The lowest BCUT2D eigenvalue weighted by Crippen LogP contribution is -2.40. The first kappa shape index (κ1) is 15.0. The molecule has 0 bridgehead atoms. The molecule has 20 heavy (non-hydrogen) atoms. The minimum absolute atomic E-state index is 0.121. The van der Waals surface area contributed by atoms with Gasteiger partial charge in [-0.1, -0.05) is 30.3 Å². The van der Waals surface area contributed by atoms with Crippen molar-refractivity contribution in [1.82, 2.24) is 9.62 Å². The predicted molar refractivity (Wildman–Crippen MR) is 76.4 cm³/mol. The molecular weight excluding hydrogens is 278 g/mol. The molecule has 1 aromatic rings. The second-order valence-corrected chi connectivity index (χ2v) is 6.91. The molecule has 1 aliphatic rings. The summed E-state index contributed by atoms with van der Waals surface area (Å²) in [5.74, 6) is -0.189. The number of sulfonamides is 1. The lowest BCUT2D eigenvalue weighted by atomic mass is 10.1. The van der Waals surface area contributed by atoms with Crippen molar-refractivity contribution in [1.29, 1.82) is 0 Å². The average molecular weight is 297 g/mol. The number of carbonyl (C=O) groups is 1. The minimum atomic E-state index is -3.23. The highest BCUT2D eigenvalue weighted by Crippen LogP contribution is 2.12. The minimum Gasteiger partial charge on any atom is -0.353 e. The van der Waals surface area contributed by atoms with Gasteiger partial charge in [-0.25, -0.2) is 8.42 Å². The summed E-state index contributed by atoms with van der Waals surface area (Å²) in [6, 6.07) is 9.15. The van der Waals surface area contributed by atoms with E-state index in [0.717, 1.165) is 5.56 Å². The first-order valence-electron chi connectivity index (χ1n) is 6.54. The molecule has 1 saturated heterocycles. The molecule has 6 nitrogen and oxygen atoms in total. The number of nitrogens with one attached hydrogen (secondary N) is 1. The standard InChI is InChI=1S/C13H19N3O3S/c14-12(11-5-2-1-3-6-11)9-15-13(17)10-16-7-4-8-20(16,18)19/h1-3,5-6,12H,4,7-10,14H2,(H,15,17). The Labute approximate surface area is 119 Å². The number of carbonyl (C=O) groups excluding carboxylic acids is 1. The Morgan fingerprint density at radius 3 is 2.65 bits per heavy atom. The lowest BCUT2D eigenvalue weighted by Gasteiger charge is -2.16. The maximum atomic E-state index is 11.7. The molecule has 0 aliphatic carbocycles. The lowest BCUT2D eigenvalue weighted by molar-refractivity contribution is -0.121. The molecule has 1 aromatic carbocycles. The second kappa shape index (κ2) is 6.34. The third kappa shape index (κ3) is 3.78. The van der Waals surface area contributed by atoms with Gasteiger partial charge in [-0.15, -0.1) is 0 Å². The van der Waals surface area contributed by atoms with Crippen LogP contribution < -0.4 is 11.1 Å². The van der Waals surface area contributed by atoms with Gasteiger partial charge in [0.25, 0.3) is 0 Å². The van der Waals surface area contributed by atoms with Gasteiger partial charge in [-0.2, -0.15) is 4.31 Å². The van der Waals surface area contributed by atoms with Crippen LogP contribution in [-0.2, 0) is 14.8 Å². The zero-order valence-electron chi connectivity index (χ0n) is 11.2. The molecule has 1 aliphatic heterocycles. The maximum absolute atomic E-state index is 11.7. The maximum Gasteiger partial charge on any atom is 0.235 e. The van der Waals surface area contributed by atoms with E-state index in [1.807, 2.05) is 30.3 Å². The smallest absolute Gasteiger partial charge is 0.235 e. The van der Waals surface area contributed by atoms with Crippen LogP contribution in [0.3, 0.4) is 0 Å². The molecule has 1 unspecified atom stereocenters. The SMILES string of the molecule is NC(CNC(=O)CN1CCCS1(=O)=O)c1ccccc1. The molecule has 0 saturated carbocycles. The molecule has 2 rings (SSSR count). The van der Waals surface area contributed by atoms with Crippen molar-refractivity contribution >= 4 is 15.9 Å². The number of nitrogens with two attached hydrogens (primary N) is 1. The summed E-state index contributed by atoms with van der Waals surface area (Å²) in [6.45, 7) is 0.584. The summed E-state index contributed by atoms with van der Waals surface area (Å²) in [6.07, 6.45) is 0.582. The first-order valence-corrected chi connectivity index (χ1v) is 8.15. The summed E-state index contributed by atoms with van der Waals surface area (Å²) in [7, 11) is -3.23. The monoisotopic (exact) mass is 297 g/mol. The van der Waals surface area contributed by atoms with Crippen LogP contribution in [0.15, 0.2) is 30.3 Å². The summed E-state index contributed by atoms with van der Waals surface area (Å²) in [5.41, 5.74) is 6.89. The van der Waals surface area contributed by atoms with Crippen LogP contribution in [0.1, 0.15) is 18.0 Å². The Morgan fingerprint density at radius 1 is 1.35 bits per heavy atom. The number of benzene rings is 1. The van der Waals surface area contributed by atoms with Crippen molar-refractivity contribution in [2.24, 2.45) is 5.73 Å². The molecule has 0 aromatic heterocycles. The van der Waals surface area contributed by atoms with Crippen molar-refractivity contribution < 1.29 is 13.2 Å². The highest BCUT2D eigenvalue weighted by Gasteiger charge is 2.29. The van der Waals surface area contributed by atoms with Gasteiger partial charge in [0.2, 0.25) is 15.9 Å². The van der Waals surface area contributed by atoms with Crippen LogP contribution in [0.5, 0.6) is 0 Å². The van der Waals surface area contributed by atoms with Crippen LogP contribution in [0.2, 0.25) is 0 Å². The van der Waals surface area contributed by atoms with Gasteiger partial charge >= 0.3 is 0 Å². The van der Waals surface area contributed by atoms with E-state index >= 15 is 0 Å². The number of hydrogen-bond acceptors (Lipinski definition) is 4. The third-order valence-corrected chi connectivity index (χ3v) is 5.17. The van der Waals surface area contributed by atoms with Crippen LogP contribution in [0.25, 0.3) is 0 Å². The molecule has 1 amide bonds. The van der Waals surface area contributed by atoms with E-state index in [1.54, 1.807) is 0 Å². The number of nitrogens with zero attached hydrogens (tertiary/aromatic N) is 1. The zero-order chi connectivity index (χ0) is 14.6. The molecule has 1 atom stereocenters. The number of amides is 1. The molecule has 1 heterocycles. The van der Waals surface area contributed by atoms with E-state index in [-0.39, 0.29) is 30.8 Å². The molecule has 7 heteroatoms. The topological polar surface area (TPSA) is 92.5 Å². The second-order valence-electron chi connectivity index (χ2n) is 4.82. The van der Waals surface area contributed by atoms with Crippen LogP contribution in [-0.4, -0.2) is 44.0 Å². The van der Waals surface area contributed by atoms with Crippen LogP contribution >= 0.6 is 0 Å². The third-order valence-electron chi connectivity index (χ3n) is 3.27. The van der Waals surface area contributed by atoms with Crippen molar-refractivity contribution in [3.8, 4) is 0 Å². The predicted octanol–water partition coefficient (Wildman–Crippen LogP) is -0.162. The molecule has 1 fully saturated rings. The van der Waals surface area contributed by atoms with Gasteiger partial charge in [0, 0.05) is 19.1 Å². The Balaban J connectivity index is 1.81. The Morgan fingerprint density at radius 2 is 2.05 bits per heavy atom. The highest BCUT2D eigenvalue weighted by molar-refractivity contribution is 7.89. The summed E-state index contributed by atoms with van der Waals surface area (Å²) in [4.78, 5) is 11.7. The van der Waals surface area contributed by atoms with Gasteiger partial charge in [0.05, 0.1) is 12.3 Å². The highest BCUT2D eigenvalue weighted by atomic mass is 32.2. The fourth-order valence-corrected chi connectivity index (χ4v) is 3.60. The van der Waals surface area contributed by atoms with Crippen LogP contribution in [0.4, 0.5) is 0 Å². The fraction of sp³-hybridized carbons (Fsp3) is 0.462. The molecule has 3 N–H and O–H groups in total. The summed E-state index contributed by atoms with van der Waals surface area (Å²) in [5, 5.41) is 2.68. The Hall–Kier alpha value is -1.44. The van der Waals surface area contributed by atoms with E-state index in [1.165, 1.54) is 4.31 Å². The van der Waals surface area contributed by atoms with E-state index in [9.17, 15) is 13.2 Å². The van der Waals surface area contributed by atoms with E-state index in [0.29, 0.717) is 13.0 Å². The van der Waals surface area contributed by atoms with Gasteiger partial charge in [0.15, 0.2) is 0 Å². The largest absolute Gasteiger partial charge is 0.353 e. The van der Waals surface area contributed by atoms with Gasteiger partial charge < -0.3 is 11.1 Å². The van der Waals surface area contributed by atoms with Gasteiger partial charge in [0.1, 0.15) is 0 Å². The van der Waals surface area contributed by atoms with Crippen molar-refractivity contribution in [2.45, 2.75) is 12.5 Å². The molecule has 0 spiro atoms. The number of rotatable bonds is 5. The average Bonchev–Trinajstić information content (AvgIpc) is 2.76. The Bertz CT molecular complexity index is 559. The normalized spacial score (nSPS) is 19.6. The fourth-order valence-electron chi connectivity index (χ4n) is 2.13. The molecule has 0 radical (unpaired) electrons. The van der Waals surface area contributed by atoms with Crippen molar-refractivity contribution in [3.63, 3.8) is 0 Å². The van der Waals surface area contributed by atoms with E-state index in [2.05, 4.69) is 5.32 Å². The number of hydrogen-bond donors (Lipinski definition) is 2. The quantitative estimate of drug-likeness (QED) is 0.790. The van der Waals surface area contributed by atoms with Crippen molar-refractivity contribution in [3.05, 3.63) is 35.9 Å². The van der Waals surface area contributed by atoms with E-state index in [4.69, 9.17) is 5.73 Å². The van der Waals surface area contributed by atoms with Crippen LogP contribution in [0, 0.1) is 0 Å². The summed E-state index contributed by atoms with van der Waals surface area (Å²) < 4.78 is 24.4. The van der Waals surface area contributed by atoms with E-state index < -0.39 is 10.0 Å². The Kier molecular flexibility index (Phi) is 4.74. The molecular formula is C13H19N3O3S. The molecule has 110 valence electrons. The van der Waals surface area contributed by atoms with Gasteiger partial charge in [-0.05, 0) is 12.0 Å². The van der Waals surface area contributed by atoms with Gasteiger partial charge in [-0.3, -0.25) is 4.79 Å². The summed E-state index contributed by atoms with van der Waals surface area (Å²) >= 11 is 0. The zero-order valence-corrected chi connectivity index (χ0v) is 12.0.